The van der Waals surface area contributed by atoms with Crippen molar-refractivity contribution in [2.24, 2.45) is 0 Å². The van der Waals surface area contributed by atoms with E-state index in [-0.39, 0.29) is 12.2 Å². The minimum Gasteiger partial charge on any atom is -0.484 e. The summed E-state index contributed by atoms with van der Waals surface area (Å²) < 4.78 is 5.55. The first-order valence-corrected chi connectivity index (χ1v) is 4.43. The van der Waals surface area contributed by atoms with Crippen molar-refractivity contribution >= 4 is 0 Å². The van der Waals surface area contributed by atoms with Gasteiger partial charge in [0.25, 0.3) is 0 Å². The highest BCUT2D eigenvalue weighted by Crippen LogP contribution is 2.18. The molecular formula is C11H12O2. The summed E-state index contributed by atoms with van der Waals surface area (Å²) in [4.78, 5) is 0. The Labute approximate surface area is 77.5 Å². The molecule has 0 spiro atoms. The van der Waals surface area contributed by atoms with Gasteiger partial charge in [-0.1, -0.05) is 24.3 Å². The Balaban J connectivity index is 2.02. The molecule has 0 saturated carbocycles. The molecule has 0 bridgehead atoms. The average Bonchev–Trinajstić information content (AvgIpc) is 2.54. The summed E-state index contributed by atoms with van der Waals surface area (Å²) in [5, 5.41) is 9.46. The van der Waals surface area contributed by atoms with Crippen molar-refractivity contribution in [1.29, 1.82) is 0 Å². The van der Waals surface area contributed by atoms with Crippen LogP contribution in [0.4, 0.5) is 0 Å². The molecule has 2 nitrogen and oxygen atoms in total. The molecule has 0 unspecified atom stereocenters. The maximum atomic E-state index is 9.46. The largest absolute Gasteiger partial charge is 0.484 e. The predicted octanol–water partition coefficient (Wildman–Crippen LogP) is 1.75. The van der Waals surface area contributed by atoms with Crippen molar-refractivity contribution in [2.45, 2.75) is 18.6 Å². The van der Waals surface area contributed by atoms with Crippen LogP contribution in [0, 0.1) is 0 Å². The Bertz CT molecular complexity index is 292. The fourth-order valence-electron chi connectivity index (χ4n) is 1.39. The molecule has 0 heterocycles. The monoisotopic (exact) mass is 176 g/mol. The van der Waals surface area contributed by atoms with Crippen LogP contribution in [-0.4, -0.2) is 17.3 Å². The van der Waals surface area contributed by atoms with Gasteiger partial charge < -0.3 is 9.84 Å². The number of ether oxygens (including phenoxy) is 1. The summed E-state index contributed by atoms with van der Waals surface area (Å²) in [5.41, 5.74) is 0. The Morgan fingerprint density at radius 2 is 2.00 bits per heavy atom. The fourth-order valence-corrected chi connectivity index (χ4v) is 1.39. The number of hydrogen-bond donors (Lipinski definition) is 1. The molecule has 2 rings (SSSR count). The second-order valence-electron chi connectivity index (χ2n) is 3.13. The minimum absolute atomic E-state index is 0.178. The van der Waals surface area contributed by atoms with Crippen LogP contribution in [0.1, 0.15) is 6.42 Å². The van der Waals surface area contributed by atoms with E-state index in [0.717, 1.165) is 5.75 Å². The molecular weight excluding hydrogens is 164 g/mol. The van der Waals surface area contributed by atoms with E-state index in [4.69, 9.17) is 4.74 Å². The topological polar surface area (TPSA) is 29.5 Å². The summed E-state index contributed by atoms with van der Waals surface area (Å²) in [5.74, 6) is 0.804. The van der Waals surface area contributed by atoms with E-state index in [1.807, 2.05) is 42.5 Å². The van der Waals surface area contributed by atoms with Gasteiger partial charge in [-0.15, -0.1) is 0 Å². The summed E-state index contributed by atoms with van der Waals surface area (Å²) in [6, 6.07) is 9.55. The molecule has 68 valence electrons. The third-order valence-corrected chi connectivity index (χ3v) is 2.10. The SMILES string of the molecule is O[C@@H]1CC=C[C@H]1Oc1ccccc1. The quantitative estimate of drug-likeness (QED) is 0.696. The number of benzene rings is 1. The second kappa shape index (κ2) is 3.62. The van der Waals surface area contributed by atoms with E-state index < -0.39 is 0 Å². The van der Waals surface area contributed by atoms with Crippen LogP contribution in [0.15, 0.2) is 42.5 Å². The Morgan fingerprint density at radius 3 is 2.62 bits per heavy atom. The van der Waals surface area contributed by atoms with Crippen LogP contribution in [0.5, 0.6) is 5.75 Å². The molecule has 1 aliphatic rings. The number of aliphatic hydroxyl groups is 1. The van der Waals surface area contributed by atoms with Gasteiger partial charge in [0, 0.05) is 0 Å². The van der Waals surface area contributed by atoms with E-state index >= 15 is 0 Å². The molecule has 1 N–H and O–H groups in total. The van der Waals surface area contributed by atoms with Gasteiger partial charge in [0.15, 0.2) is 0 Å². The van der Waals surface area contributed by atoms with Crippen molar-refractivity contribution in [1.82, 2.24) is 0 Å². The maximum absolute atomic E-state index is 9.46. The third-order valence-electron chi connectivity index (χ3n) is 2.10. The predicted molar refractivity (Wildman–Crippen MR) is 50.6 cm³/mol. The van der Waals surface area contributed by atoms with Gasteiger partial charge in [-0.2, -0.15) is 0 Å². The maximum Gasteiger partial charge on any atom is 0.143 e. The highest BCUT2D eigenvalue weighted by molar-refractivity contribution is 5.22. The van der Waals surface area contributed by atoms with Crippen molar-refractivity contribution < 1.29 is 9.84 Å². The molecule has 13 heavy (non-hydrogen) atoms. The van der Waals surface area contributed by atoms with Gasteiger partial charge in [-0.05, 0) is 24.6 Å². The number of rotatable bonds is 2. The highest BCUT2D eigenvalue weighted by atomic mass is 16.5. The van der Waals surface area contributed by atoms with Crippen LogP contribution >= 0.6 is 0 Å². The van der Waals surface area contributed by atoms with Crippen molar-refractivity contribution in [3.8, 4) is 5.75 Å². The van der Waals surface area contributed by atoms with Gasteiger partial charge in [-0.25, -0.2) is 0 Å². The highest BCUT2D eigenvalue weighted by Gasteiger charge is 2.21. The lowest BCUT2D eigenvalue weighted by atomic mass is 10.2. The van der Waals surface area contributed by atoms with Gasteiger partial charge in [-0.3, -0.25) is 0 Å². The molecule has 1 aromatic rings. The molecule has 2 heteroatoms. The molecule has 0 aliphatic heterocycles. The zero-order chi connectivity index (χ0) is 9.10. The van der Waals surface area contributed by atoms with E-state index in [0.29, 0.717) is 6.42 Å². The zero-order valence-electron chi connectivity index (χ0n) is 7.26. The number of para-hydroxylation sites is 1. The van der Waals surface area contributed by atoms with Crippen molar-refractivity contribution in [3.05, 3.63) is 42.5 Å². The molecule has 2 atom stereocenters. The molecule has 0 aromatic heterocycles. The minimum atomic E-state index is -0.389. The van der Waals surface area contributed by atoms with Crippen LogP contribution in [0.2, 0.25) is 0 Å². The van der Waals surface area contributed by atoms with Crippen LogP contribution in [-0.2, 0) is 0 Å². The standard InChI is InChI=1S/C11H12O2/c12-10-7-4-8-11(10)13-9-5-2-1-3-6-9/h1-6,8,10-12H,7H2/t10-,11-/m1/s1. The third kappa shape index (κ3) is 1.90. The van der Waals surface area contributed by atoms with Gasteiger partial charge >= 0.3 is 0 Å². The molecule has 0 radical (unpaired) electrons. The Kier molecular flexibility index (Phi) is 2.32. The van der Waals surface area contributed by atoms with Crippen LogP contribution < -0.4 is 4.74 Å². The van der Waals surface area contributed by atoms with Gasteiger partial charge in [0.05, 0.1) is 6.10 Å². The summed E-state index contributed by atoms with van der Waals surface area (Å²) in [6.45, 7) is 0. The van der Waals surface area contributed by atoms with E-state index in [2.05, 4.69) is 0 Å². The van der Waals surface area contributed by atoms with E-state index in [1.54, 1.807) is 0 Å². The lowest BCUT2D eigenvalue weighted by Crippen LogP contribution is -2.25. The molecule has 1 aliphatic carbocycles. The van der Waals surface area contributed by atoms with E-state index in [9.17, 15) is 5.11 Å². The molecule has 0 fully saturated rings. The van der Waals surface area contributed by atoms with Crippen LogP contribution in [0.3, 0.4) is 0 Å². The summed E-state index contributed by atoms with van der Waals surface area (Å²) in [7, 11) is 0. The van der Waals surface area contributed by atoms with Crippen molar-refractivity contribution in [2.75, 3.05) is 0 Å². The smallest absolute Gasteiger partial charge is 0.143 e. The number of aliphatic hydroxyl groups excluding tert-OH is 1. The normalized spacial score (nSPS) is 26.2. The van der Waals surface area contributed by atoms with Gasteiger partial charge in [0.1, 0.15) is 11.9 Å². The first-order valence-electron chi connectivity index (χ1n) is 4.43. The number of hydrogen-bond acceptors (Lipinski definition) is 2. The lowest BCUT2D eigenvalue weighted by Gasteiger charge is -2.15. The zero-order valence-corrected chi connectivity index (χ0v) is 7.26. The Hall–Kier alpha value is -1.28. The first kappa shape index (κ1) is 8.32. The summed E-state index contributed by atoms with van der Waals surface area (Å²) in [6.07, 6.45) is 3.97. The lowest BCUT2D eigenvalue weighted by molar-refractivity contribution is 0.0762. The molecule has 0 saturated heterocycles. The Morgan fingerprint density at radius 1 is 1.23 bits per heavy atom. The molecule has 1 aromatic carbocycles. The second-order valence-corrected chi connectivity index (χ2v) is 3.13. The van der Waals surface area contributed by atoms with Gasteiger partial charge in [0.2, 0.25) is 0 Å². The summed E-state index contributed by atoms with van der Waals surface area (Å²) >= 11 is 0. The fraction of sp³-hybridized carbons (Fsp3) is 0.273. The van der Waals surface area contributed by atoms with E-state index in [1.165, 1.54) is 0 Å². The van der Waals surface area contributed by atoms with Crippen molar-refractivity contribution in [3.63, 3.8) is 0 Å². The molecule has 0 amide bonds. The van der Waals surface area contributed by atoms with Crippen LogP contribution in [0.25, 0.3) is 0 Å². The average molecular weight is 176 g/mol. The first-order chi connectivity index (χ1) is 6.36.